The Labute approximate surface area is 121 Å². The van der Waals surface area contributed by atoms with Crippen LogP contribution in [-0.2, 0) is 0 Å². The highest BCUT2D eigenvalue weighted by atomic mass is 79.9. The van der Waals surface area contributed by atoms with Gasteiger partial charge < -0.3 is 0 Å². The van der Waals surface area contributed by atoms with Crippen LogP contribution in [0.3, 0.4) is 0 Å². The summed E-state index contributed by atoms with van der Waals surface area (Å²) in [4.78, 5) is 2.30. The van der Waals surface area contributed by atoms with Crippen molar-refractivity contribution in [2.75, 3.05) is 0 Å². The fraction of sp³-hybridized carbons (Fsp3) is 0.133. The number of halogens is 1. The van der Waals surface area contributed by atoms with E-state index < -0.39 is 0 Å². The highest BCUT2D eigenvalue weighted by Gasteiger charge is 2.03. The number of benzene rings is 2. The second kappa shape index (κ2) is 7.97. The molecule has 0 fully saturated rings. The molecule has 0 aliphatic carbocycles. The zero-order valence-corrected chi connectivity index (χ0v) is 12.8. The molecule has 2 rings (SSSR count). The Morgan fingerprint density at radius 2 is 1.72 bits per heavy atom. The molecule has 2 aromatic carbocycles. The second-order valence-corrected chi connectivity index (χ2v) is 5.14. The van der Waals surface area contributed by atoms with E-state index in [2.05, 4.69) is 34.1 Å². The van der Waals surface area contributed by atoms with Crippen LogP contribution in [0, 0.1) is 11.3 Å². The Kier molecular flexibility index (Phi) is 6.56. The van der Waals surface area contributed by atoms with Crippen LogP contribution in [0.2, 0.25) is 0 Å². The lowest BCUT2D eigenvalue weighted by Gasteiger charge is -2.04. The van der Waals surface area contributed by atoms with E-state index >= 15 is 0 Å². The minimum absolute atomic E-state index is 0.671. The third kappa shape index (κ3) is 4.21. The standard InChI is InChI=1S/C13H8BrNS.C2H6/c14-12-8-10(9-15)6-7-13(12)16-11-4-2-1-3-5-11;1-2/h1-8H;1-2H3. The number of nitriles is 1. The van der Waals surface area contributed by atoms with Gasteiger partial charge in [0.2, 0.25) is 0 Å². The van der Waals surface area contributed by atoms with Gasteiger partial charge in [0.1, 0.15) is 0 Å². The molecule has 0 aliphatic rings. The van der Waals surface area contributed by atoms with E-state index in [1.165, 1.54) is 4.90 Å². The van der Waals surface area contributed by atoms with Gasteiger partial charge in [-0.15, -0.1) is 0 Å². The molecule has 0 saturated carbocycles. The van der Waals surface area contributed by atoms with Crippen molar-refractivity contribution in [1.29, 1.82) is 5.26 Å². The number of nitrogens with zero attached hydrogens (tertiary/aromatic N) is 1. The van der Waals surface area contributed by atoms with Gasteiger partial charge in [0.25, 0.3) is 0 Å². The Hall–Kier alpha value is -1.24. The topological polar surface area (TPSA) is 23.8 Å². The van der Waals surface area contributed by atoms with E-state index in [9.17, 15) is 0 Å². The highest BCUT2D eigenvalue weighted by Crippen LogP contribution is 2.33. The summed E-state index contributed by atoms with van der Waals surface area (Å²) in [5.41, 5.74) is 0.671. The molecule has 18 heavy (non-hydrogen) atoms. The summed E-state index contributed by atoms with van der Waals surface area (Å²) in [5.74, 6) is 0. The second-order valence-electron chi connectivity index (χ2n) is 3.17. The SMILES string of the molecule is CC.N#Cc1ccc(Sc2ccccc2)c(Br)c1. The predicted octanol–water partition coefficient (Wildman–Crippen LogP) is 5.50. The molecule has 0 N–H and O–H groups in total. The molecule has 92 valence electrons. The summed E-state index contributed by atoms with van der Waals surface area (Å²) in [6.45, 7) is 4.00. The lowest BCUT2D eigenvalue weighted by molar-refractivity contribution is 1.35. The third-order valence-electron chi connectivity index (χ3n) is 2.03. The van der Waals surface area contributed by atoms with Crippen molar-refractivity contribution in [3.63, 3.8) is 0 Å². The van der Waals surface area contributed by atoms with Gasteiger partial charge in [-0.2, -0.15) is 5.26 Å². The zero-order valence-electron chi connectivity index (χ0n) is 10.4. The molecule has 0 atom stereocenters. The van der Waals surface area contributed by atoms with Gasteiger partial charge in [-0.05, 0) is 46.3 Å². The lowest BCUT2D eigenvalue weighted by Crippen LogP contribution is -1.79. The summed E-state index contributed by atoms with van der Waals surface area (Å²) in [5, 5.41) is 8.77. The largest absolute Gasteiger partial charge is 0.192 e. The first-order valence-corrected chi connectivity index (χ1v) is 7.33. The Morgan fingerprint density at radius 1 is 1.06 bits per heavy atom. The maximum atomic E-state index is 8.77. The van der Waals surface area contributed by atoms with Gasteiger partial charge in [0, 0.05) is 14.3 Å². The van der Waals surface area contributed by atoms with Gasteiger partial charge in [-0.3, -0.25) is 0 Å². The van der Waals surface area contributed by atoms with Crippen LogP contribution in [0.4, 0.5) is 0 Å². The molecule has 0 saturated heterocycles. The highest BCUT2D eigenvalue weighted by molar-refractivity contribution is 9.10. The van der Waals surface area contributed by atoms with Crippen molar-refractivity contribution in [3.8, 4) is 6.07 Å². The molecule has 2 aromatic rings. The van der Waals surface area contributed by atoms with Crippen LogP contribution in [0.25, 0.3) is 0 Å². The van der Waals surface area contributed by atoms with E-state index in [0.29, 0.717) is 5.56 Å². The van der Waals surface area contributed by atoms with Crippen LogP contribution in [-0.4, -0.2) is 0 Å². The first kappa shape index (κ1) is 14.8. The third-order valence-corrected chi connectivity index (χ3v) is 4.03. The normalized spacial score (nSPS) is 9.00. The maximum absolute atomic E-state index is 8.77. The van der Waals surface area contributed by atoms with Crippen molar-refractivity contribution in [2.24, 2.45) is 0 Å². The fourth-order valence-corrected chi connectivity index (χ4v) is 2.73. The van der Waals surface area contributed by atoms with E-state index in [1.807, 2.05) is 50.2 Å². The zero-order chi connectivity index (χ0) is 13.4. The van der Waals surface area contributed by atoms with E-state index in [-0.39, 0.29) is 0 Å². The summed E-state index contributed by atoms with van der Waals surface area (Å²) in [7, 11) is 0. The van der Waals surface area contributed by atoms with E-state index in [0.717, 1.165) is 9.37 Å². The molecule has 1 nitrogen and oxygen atoms in total. The van der Waals surface area contributed by atoms with Gasteiger partial charge >= 0.3 is 0 Å². The van der Waals surface area contributed by atoms with Gasteiger partial charge in [0.15, 0.2) is 0 Å². The minimum Gasteiger partial charge on any atom is -0.192 e. The van der Waals surface area contributed by atoms with Crippen LogP contribution in [0.5, 0.6) is 0 Å². The molecule has 0 unspecified atom stereocenters. The Morgan fingerprint density at radius 3 is 2.28 bits per heavy atom. The fourth-order valence-electron chi connectivity index (χ4n) is 1.27. The smallest absolute Gasteiger partial charge is 0.0992 e. The summed E-state index contributed by atoms with van der Waals surface area (Å²) < 4.78 is 0.959. The number of hydrogen-bond acceptors (Lipinski definition) is 2. The van der Waals surface area contributed by atoms with Crippen LogP contribution < -0.4 is 0 Å². The number of hydrogen-bond donors (Lipinski definition) is 0. The maximum Gasteiger partial charge on any atom is 0.0992 e. The van der Waals surface area contributed by atoms with Crippen molar-refractivity contribution in [2.45, 2.75) is 23.6 Å². The molecule has 0 heterocycles. The summed E-state index contributed by atoms with van der Waals surface area (Å²) in [6.07, 6.45) is 0. The Bertz CT molecular complexity index is 532. The molecular formula is C15H14BrNS. The van der Waals surface area contributed by atoms with E-state index in [1.54, 1.807) is 11.8 Å². The van der Waals surface area contributed by atoms with Crippen LogP contribution in [0.1, 0.15) is 19.4 Å². The Balaban J connectivity index is 0.000000771. The molecule has 0 spiro atoms. The van der Waals surface area contributed by atoms with Crippen molar-refractivity contribution in [1.82, 2.24) is 0 Å². The number of rotatable bonds is 2. The monoisotopic (exact) mass is 319 g/mol. The molecule has 0 radical (unpaired) electrons. The minimum atomic E-state index is 0.671. The van der Waals surface area contributed by atoms with Gasteiger partial charge in [-0.1, -0.05) is 43.8 Å². The quantitative estimate of drug-likeness (QED) is 0.729. The van der Waals surface area contributed by atoms with Crippen molar-refractivity contribution < 1.29 is 0 Å². The molecule has 0 aromatic heterocycles. The van der Waals surface area contributed by atoms with Gasteiger partial charge in [-0.25, -0.2) is 0 Å². The average Bonchev–Trinajstić information content (AvgIpc) is 2.44. The first-order chi connectivity index (χ1) is 8.79. The first-order valence-electron chi connectivity index (χ1n) is 5.72. The average molecular weight is 320 g/mol. The summed E-state index contributed by atoms with van der Waals surface area (Å²) in [6, 6.07) is 17.9. The molecular weight excluding hydrogens is 306 g/mol. The van der Waals surface area contributed by atoms with Crippen molar-refractivity contribution in [3.05, 3.63) is 58.6 Å². The summed E-state index contributed by atoms with van der Waals surface area (Å²) >= 11 is 5.15. The molecule has 0 bridgehead atoms. The molecule has 3 heteroatoms. The molecule has 0 aliphatic heterocycles. The predicted molar refractivity (Wildman–Crippen MR) is 80.8 cm³/mol. The van der Waals surface area contributed by atoms with E-state index in [4.69, 9.17) is 5.26 Å². The van der Waals surface area contributed by atoms with Crippen LogP contribution >= 0.6 is 27.7 Å². The molecule has 0 amide bonds. The lowest BCUT2D eigenvalue weighted by atomic mass is 10.2. The van der Waals surface area contributed by atoms with Crippen molar-refractivity contribution >= 4 is 27.7 Å². The van der Waals surface area contributed by atoms with Crippen LogP contribution in [0.15, 0.2) is 62.8 Å². The van der Waals surface area contributed by atoms with Gasteiger partial charge in [0.05, 0.1) is 11.6 Å².